The summed E-state index contributed by atoms with van der Waals surface area (Å²) >= 11 is 0. The van der Waals surface area contributed by atoms with E-state index < -0.39 is 17.0 Å². The zero-order chi connectivity index (χ0) is 14.5. The Bertz CT molecular complexity index is 660. The van der Waals surface area contributed by atoms with Gasteiger partial charge in [0, 0.05) is 6.20 Å². The fraction of sp³-hybridized carbons (Fsp3) is 0.0769. The van der Waals surface area contributed by atoms with E-state index in [0.29, 0.717) is 16.5 Å². The molecule has 0 bridgehead atoms. The molecule has 104 valence electrons. The maximum Gasteiger partial charge on any atom is 0.335 e. The van der Waals surface area contributed by atoms with Crippen molar-refractivity contribution >= 4 is 22.6 Å². The first kappa shape index (κ1) is 14.0. The number of anilines is 1. The molecule has 0 spiro atoms. The van der Waals surface area contributed by atoms with E-state index in [-0.39, 0.29) is 5.56 Å². The van der Waals surface area contributed by atoms with E-state index in [1.165, 1.54) is 19.2 Å². The van der Waals surface area contributed by atoms with Crippen molar-refractivity contribution in [3.63, 3.8) is 0 Å². The Hall–Kier alpha value is -2.41. The van der Waals surface area contributed by atoms with Crippen LogP contribution in [0.4, 0.5) is 5.69 Å². The van der Waals surface area contributed by atoms with Gasteiger partial charge in [0.2, 0.25) is 5.88 Å². The minimum absolute atomic E-state index is 0.0794. The van der Waals surface area contributed by atoms with Crippen LogP contribution in [-0.2, 0) is 11.0 Å². The average molecular weight is 292 g/mol. The van der Waals surface area contributed by atoms with Crippen molar-refractivity contribution in [2.45, 2.75) is 4.90 Å². The second-order valence-corrected chi connectivity index (χ2v) is 4.98. The largest absolute Gasteiger partial charge is 0.480 e. The van der Waals surface area contributed by atoms with Crippen molar-refractivity contribution in [2.75, 3.05) is 11.8 Å². The van der Waals surface area contributed by atoms with Crippen LogP contribution >= 0.6 is 0 Å². The van der Waals surface area contributed by atoms with E-state index in [4.69, 9.17) is 9.84 Å². The summed E-state index contributed by atoms with van der Waals surface area (Å²) in [6.45, 7) is 0. The molecule has 0 fully saturated rings. The molecule has 1 atom stereocenters. The van der Waals surface area contributed by atoms with Gasteiger partial charge in [0.05, 0.1) is 17.6 Å². The smallest absolute Gasteiger partial charge is 0.335 e. The number of carboxylic acids is 1. The fourth-order valence-corrected chi connectivity index (χ4v) is 2.44. The van der Waals surface area contributed by atoms with Crippen molar-refractivity contribution in [2.24, 2.45) is 0 Å². The Morgan fingerprint density at radius 3 is 2.85 bits per heavy atom. The summed E-state index contributed by atoms with van der Waals surface area (Å²) in [7, 11) is -0.147. The van der Waals surface area contributed by atoms with Gasteiger partial charge in [0.25, 0.3) is 0 Å². The Morgan fingerprint density at radius 1 is 1.35 bits per heavy atom. The molecule has 2 N–H and O–H groups in total. The molecule has 0 radical (unpaired) electrons. The summed E-state index contributed by atoms with van der Waals surface area (Å²) in [5.41, 5.74) is 0.546. The molecule has 1 heterocycles. The van der Waals surface area contributed by atoms with Gasteiger partial charge in [0.15, 0.2) is 0 Å². The number of benzene rings is 1. The molecule has 0 aliphatic heterocycles. The zero-order valence-corrected chi connectivity index (χ0v) is 11.4. The highest BCUT2D eigenvalue weighted by molar-refractivity contribution is 7.86. The number of aromatic carboxylic acids is 1. The number of carbonyl (C=O) groups is 1. The quantitative estimate of drug-likeness (QED) is 0.879. The van der Waals surface area contributed by atoms with E-state index in [2.05, 4.69) is 9.71 Å². The van der Waals surface area contributed by atoms with Crippen LogP contribution in [0.25, 0.3) is 0 Å². The lowest BCUT2D eigenvalue weighted by atomic mass is 10.2. The maximum atomic E-state index is 12.2. The second-order valence-electron chi connectivity index (χ2n) is 3.76. The van der Waals surface area contributed by atoms with Crippen LogP contribution < -0.4 is 9.46 Å². The van der Waals surface area contributed by atoms with Crippen molar-refractivity contribution in [3.8, 4) is 5.88 Å². The third kappa shape index (κ3) is 3.12. The van der Waals surface area contributed by atoms with Crippen LogP contribution in [0, 0.1) is 0 Å². The molecule has 1 unspecified atom stereocenters. The Morgan fingerprint density at radius 2 is 2.15 bits per heavy atom. The third-order valence-electron chi connectivity index (χ3n) is 2.46. The molecule has 0 aliphatic rings. The Balaban J connectivity index is 2.24. The highest BCUT2D eigenvalue weighted by Crippen LogP contribution is 2.22. The van der Waals surface area contributed by atoms with E-state index in [1.807, 2.05) is 0 Å². The third-order valence-corrected chi connectivity index (χ3v) is 3.55. The minimum Gasteiger partial charge on any atom is -0.480 e. The first-order valence-electron chi connectivity index (χ1n) is 5.62. The van der Waals surface area contributed by atoms with Crippen molar-refractivity contribution in [3.05, 3.63) is 48.2 Å². The molecule has 6 nitrogen and oxygen atoms in total. The summed E-state index contributed by atoms with van der Waals surface area (Å²) in [6, 6.07) is 9.26. The molecule has 7 heteroatoms. The van der Waals surface area contributed by atoms with Gasteiger partial charge < -0.3 is 9.84 Å². The average Bonchev–Trinajstić information content (AvgIpc) is 2.48. The lowest BCUT2D eigenvalue weighted by molar-refractivity contribution is 0.0696. The number of aromatic nitrogens is 1. The number of hydrogen-bond acceptors (Lipinski definition) is 4. The van der Waals surface area contributed by atoms with E-state index in [1.54, 1.807) is 30.5 Å². The van der Waals surface area contributed by atoms with Crippen molar-refractivity contribution in [1.29, 1.82) is 0 Å². The highest BCUT2D eigenvalue weighted by atomic mass is 32.2. The van der Waals surface area contributed by atoms with Crippen LogP contribution in [0.1, 0.15) is 10.4 Å². The molecule has 2 rings (SSSR count). The van der Waals surface area contributed by atoms with Gasteiger partial charge in [-0.1, -0.05) is 6.07 Å². The fourth-order valence-electron chi connectivity index (χ4n) is 1.53. The summed E-state index contributed by atoms with van der Waals surface area (Å²) in [4.78, 5) is 15.2. The Kier molecular flexibility index (Phi) is 4.31. The van der Waals surface area contributed by atoms with Gasteiger partial charge in [-0.3, -0.25) is 4.72 Å². The van der Waals surface area contributed by atoms with Crippen LogP contribution in [0.5, 0.6) is 5.88 Å². The highest BCUT2D eigenvalue weighted by Gasteiger charge is 2.11. The molecular formula is C13H12N2O4S. The molecule has 1 aromatic heterocycles. The van der Waals surface area contributed by atoms with E-state index in [0.717, 1.165) is 0 Å². The van der Waals surface area contributed by atoms with Gasteiger partial charge in [-0.15, -0.1) is 0 Å². The molecule has 2 aromatic rings. The molecule has 0 saturated heterocycles. The van der Waals surface area contributed by atoms with E-state index >= 15 is 0 Å². The van der Waals surface area contributed by atoms with Crippen LogP contribution in [0.3, 0.4) is 0 Å². The number of ether oxygens (including phenoxy) is 1. The van der Waals surface area contributed by atoms with Crippen LogP contribution in [0.2, 0.25) is 0 Å². The normalized spacial score (nSPS) is 11.7. The molecule has 1 aromatic carbocycles. The number of rotatable bonds is 5. The number of nitrogens with zero attached hydrogens (tertiary/aromatic N) is 1. The molecular weight excluding hydrogens is 280 g/mol. The van der Waals surface area contributed by atoms with Crippen molar-refractivity contribution < 1.29 is 18.8 Å². The summed E-state index contributed by atoms with van der Waals surface area (Å²) in [6.07, 6.45) is 1.55. The monoisotopic (exact) mass is 292 g/mol. The standard InChI is InChI=1S/C13H12N2O4S/c1-19-12-11(6-3-7-14-12)15-20(18)10-5-2-4-9(8-10)13(16)17/h2-8,15H,1H3,(H,16,17). The summed E-state index contributed by atoms with van der Waals surface area (Å²) in [5, 5.41) is 8.91. The van der Waals surface area contributed by atoms with Crippen LogP contribution in [-0.4, -0.2) is 27.4 Å². The number of carboxylic acid groups (broad SMARTS) is 1. The first-order chi connectivity index (χ1) is 9.61. The lowest BCUT2D eigenvalue weighted by Crippen LogP contribution is -2.07. The van der Waals surface area contributed by atoms with E-state index in [9.17, 15) is 9.00 Å². The summed E-state index contributed by atoms with van der Waals surface area (Å²) in [5.74, 6) is -0.752. The van der Waals surface area contributed by atoms with Gasteiger partial charge >= 0.3 is 5.97 Å². The predicted octanol–water partition coefficient (Wildman–Crippen LogP) is 1.92. The van der Waals surface area contributed by atoms with Gasteiger partial charge in [-0.05, 0) is 30.3 Å². The molecule has 20 heavy (non-hydrogen) atoms. The molecule has 0 amide bonds. The minimum atomic E-state index is -1.61. The van der Waals surface area contributed by atoms with Crippen LogP contribution in [0.15, 0.2) is 47.5 Å². The second kappa shape index (κ2) is 6.16. The van der Waals surface area contributed by atoms with Crippen molar-refractivity contribution in [1.82, 2.24) is 4.98 Å². The van der Waals surface area contributed by atoms with Gasteiger partial charge in [0.1, 0.15) is 16.7 Å². The topological polar surface area (TPSA) is 88.5 Å². The molecule has 0 saturated carbocycles. The first-order valence-corrected chi connectivity index (χ1v) is 6.77. The number of hydrogen-bond donors (Lipinski definition) is 2. The Labute approximate surface area is 118 Å². The lowest BCUT2D eigenvalue weighted by Gasteiger charge is -2.09. The number of methoxy groups -OCH3 is 1. The maximum absolute atomic E-state index is 12.2. The van der Waals surface area contributed by atoms with Gasteiger partial charge in [-0.25, -0.2) is 14.0 Å². The number of nitrogens with one attached hydrogen (secondary N) is 1. The SMILES string of the molecule is COc1ncccc1NS(=O)c1cccc(C(=O)O)c1. The molecule has 0 aliphatic carbocycles. The summed E-state index contributed by atoms with van der Waals surface area (Å²) < 4.78 is 20.0. The number of pyridine rings is 1. The van der Waals surface area contributed by atoms with Gasteiger partial charge in [-0.2, -0.15) is 0 Å². The zero-order valence-electron chi connectivity index (χ0n) is 10.6. The predicted molar refractivity (Wildman–Crippen MR) is 74.2 cm³/mol.